The van der Waals surface area contributed by atoms with Gasteiger partial charge in [-0.2, -0.15) is 0 Å². The Morgan fingerprint density at radius 2 is 0.966 bits per heavy atom. The number of hydrogen-bond donors (Lipinski definition) is 5. The maximum Gasteiger partial charge on any atom is 0.121 e. The minimum absolute atomic E-state index is 0.0702. The number of phenols is 4. The van der Waals surface area contributed by atoms with Gasteiger partial charge in [0.2, 0.25) is 0 Å². The van der Waals surface area contributed by atoms with Crippen molar-refractivity contribution in [2.24, 2.45) is 0 Å². The molecule has 0 bridgehead atoms. The van der Waals surface area contributed by atoms with E-state index in [9.17, 15) is 20.4 Å². The molecule has 5 rings (SSSR count). The molecule has 5 nitrogen and oxygen atoms in total. The van der Waals surface area contributed by atoms with Crippen molar-refractivity contribution in [2.75, 3.05) is 0 Å². The lowest BCUT2D eigenvalue weighted by atomic mass is 9.81. The first kappa shape index (κ1) is 17.4. The Labute approximate surface area is 167 Å². The van der Waals surface area contributed by atoms with E-state index in [-0.39, 0.29) is 23.0 Å². The van der Waals surface area contributed by atoms with E-state index in [4.69, 9.17) is 0 Å². The zero-order chi connectivity index (χ0) is 20.1. The molecule has 0 saturated heterocycles. The third-order valence-corrected chi connectivity index (χ3v) is 5.63. The third kappa shape index (κ3) is 2.59. The van der Waals surface area contributed by atoms with Crippen LogP contribution in [0.1, 0.15) is 34.3 Å². The van der Waals surface area contributed by atoms with Gasteiger partial charge in [0.05, 0.1) is 12.1 Å². The molecule has 144 valence electrons. The summed E-state index contributed by atoms with van der Waals surface area (Å²) < 4.78 is 0. The van der Waals surface area contributed by atoms with Gasteiger partial charge in [0.25, 0.3) is 0 Å². The van der Waals surface area contributed by atoms with Gasteiger partial charge < -0.3 is 20.4 Å². The van der Waals surface area contributed by atoms with Gasteiger partial charge in [0.15, 0.2) is 0 Å². The lowest BCUT2D eigenvalue weighted by Crippen LogP contribution is -2.32. The highest BCUT2D eigenvalue weighted by molar-refractivity contribution is 5.95. The van der Waals surface area contributed by atoms with E-state index >= 15 is 0 Å². The highest BCUT2D eigenvalue weighted by Gasteiger charge is 2.35. The standard InChI is InChI=1S/C24H19NO4/c26-16-7-3-1-5-14(16)23-21-18(28)11-9-13-10-12-19(29)22(20(13)21)24(25-23)15-6-2-4-8-17(15)27/h1-12,23-29H/t23-,24-/m1/s1. The summed E-state index contributed by atoms with van der Waals surface area (Å²) in [4.78, 5) is 0. The van der Waals surface area contributed by atoms with Crippen LogP contribution in [-0.2, 0) is 0 Å². The summed E-state index contributed by atoms with van der Waals surface area (Å²) in [7, 11) is 0. The molecule has 0 unspecified atom stereocenters. The highest BCUT2D eigenvalue weighted by atomic mass is 16.3. The SMILES string of the molecule is Oc1ccccc1[C@H]1N[C@H](c2ccccc2O)c2c(O)ccc3ccc(O)c1c23. The fraction of sp³-hybridized carbons (Fsp3) is 0.0833. The Kier molecular flexibility index (Phi) is 3.86. The fourth-order valence-corrected chi connectivity index (χ4v) is 4.32. The number of para-hydroxylation sites is 2. The Morgan fingerprint density at radius 3 is 1.41 bits per heavy atom. The van der Waals surface area contributed by atoms with Crippen LogP contribution >= 0.6 is 0 Å². The molecule has 0 fully saturated rings. The molecule has 0 saturated carbocycles. The van der Waals surface area contributed by atoms with Crippen molar-refractivity contribution in [1.29, 1.82) is 0 Å². The molecular formula is C24H19NO4. The smallest absolute Gasteiger partial charge is 0.121 e. The molecule has 0 radical (unpaired) electrons. The fourth-order valence-electron chi connectivity index (χ4n) is 4.32. The number of benzene rings is 4. The van der Waals surface area contributed by atoms with Crippen molar-refractivity contribution in [1.82, 2.24) is 5.32 Å². The zero-order valence-corrected chi connectivity index (χ0v) is 15.4. The van der Waals surface area contributed by atoms with Crippen molar-refractivity contribution < 1.29 is 20.4 Å². The van der Waals surface area contributed by atoms with Gasteiger partial charge in [-0.1, -0.05) is 48.5 Å². The van der Waals surface area contributed by atoms with E-state index in [0.717, 1.165) is 5.39 Å². The summed E-state index contributed by atoms with van der Waals surface area (Å²) in [6.07, 6.45) is 0. The van der Waals surface area contributed by atoms with Crippen LogP contribution in [0.3, 0.4) is 0 Å². The van der Waals surface area contributed by atoms with Crippen molar-refractivity contribution in [3.05, 3.63) is 95.1 Å². The minimum atomic E-state index is -0.543. The van der Waals surface area contributed by atoms with Gasteiger partial charge >= 0.3 is 0 Å². The number of aromatic hydroxyl groups is 4. The maximum atomic E-state index is 10.7. The Hall–Kier alpha value is -3.70. The van der Waals surface area contributed by atoms with Gasteiger partial charge in [-0.05, 0) is 35.0 Å². The molecule has 1 aliphatic rings. The molecule has 4 aromatic rings. The van der Waals surface area contributed by atoms with Crippen molar-refractivity contribution in [2.45, 2.75) is 12.1 Å². The Bertz CT molecular complexity index is 1160. The van der Waals surface area contributed by atoms with Crippen LogP contribution < -0.4 is 5.32 Å². The summed E-state index contributed by atoms with van der Waals surface area (Å²) in [6, 6.07) is 19.6. The second-order valence-electron chi connectivity index (χ2n) is 7.25. The number of hydrogen-bond acceptors (Lipinski definition) is 5. The van der Waals surface area contributed by atoms with E-state index in [1.54, 1.807) is 60.7 Å². The van der Waals surface area contributed by atoms with Gasteiger partial charge in [0, 0.05) is 22.3 Å². The van der Waals surface area contributed by atoms with Crippen LogP contribution in [0, 0.1) is 0 Å². The molecule has 0 aromatic heterocycles. The molecule has 4 aromatic carbocycles. The van der Waals surface area contributed by atoms with E-state index in [1.165, 1.54) is 0 Å². The maximum absolute atomic E-state index is 10.7. The molecule has 29 heavy (non-hydrogen) atoms. The molecule has 0 spiro atoms. The number of nitrogens with one attached hydrogen (secondary N) is 1. The summed E-state index contributed by atoms with van der Waals surface area (Å²) >= 11 is 0. The summed E-state index contributed by atoms with van der Waals surface area (Å²) in [5, 5.41) is 47.5. The highest BCUT2D eigenvalue weighted by Crippen LogP contribution is 2.50. The van der Waals surface area contributed by atoms with Crippen LogP contribution in [0.15, 0.2) is 72.8 Å². The van der Waals surface area contributed by atoms with E-state index in [0.29, 0.717) is 27.6 Å². The van der Waals surface area contributed by atoms with Crippen LogP contribution in [-0.4, -0.2) is 20.4 Å². The van der Waals surface area contributed by atoms with E-state index < -0.39 is 12.1 Å². The van der Waals surface area contributed by atoms with Gasteiger partial charge in [-0.3, -0.25) is 5.32 Å². The summed E-state index contributed by atoms with van der Waals surface area (Å²) in [5.41, 5.74) is 2.37. The molecule has 1 aliphatic heterocycles. The number of rotatable bonds is 2. The van der Waals surface area contributed by atoms with E-state index in [2.05, 4.69) is 5.32 Å². The van der Waals surface area contributed by atoms with Crippen LogP contribution in [0.4, 0.5) is 0 Å². The Morgan fingerprint density at radius 1 is 0.517 bits per heavy atom. The molecule has 0 aliphatic carbocycles. The topological polar surface area (TPSA) is 93.0 Å². The number of phenolic OH excluding ortho intramolecular Hbond substituents is 4. The van der Waals surface area contributed by atoms with Crippen LogP contribution in [0.5, 0.6) is 23.0 Å². The second-order valence-corrected chi connectivity index (χ2v) is 7.25. The minimum Gasteiger partial charge on any atom is -0.508 e. The first-order valence-electron chi connectivity index (χ1n) is 9.35. The quantitative estimate of drug-likeness (QED) is 0.352. The third-order valence-electron chi connectivity index (χ3n) is 5.63. The van der Waals surface area contributed by atoms with Gasteiger partial charge in [0.1, 0.15) is 23.0 Å². The zero-order valence-electron chi connectivity index (χ0n) is 15.4. The summed E-state index contributed by atoms with van der Waals surface area (Å²) in [6.45, 7) is 0. The molecule has 1 heterocycles. The normalized spacial score (nSPS) is 18.1. The van der Waals surface area contributed by atoms with Crippen molar-refractivity contribution in [3.8, 4) is 23.0 Å². The van der Waals surface area contributed by atoms with Gasteiger partial charge in [-0.15, -0.1) is 0 Å². The van der Waals surface area contributed by atoms with Crippen molar-refractivity contribution in [3.63, 3.8) is 0 Å². The summed E-state index contributed by atoms with van der Waals surface area (Å²) in [5.74, 6) is 0.337. The predicted octanol–water partition coefficient (Wildman–Crippen LogP) is 4.44. The van der Waals surface area contributed by atoms with E-state index in [1.807, 2.05) is 12.1 Å². The largest absolute Gasteiger partial charge is 0.508 e. The Balaban J connectivity index is 1.88. The molecular weight excluding hydrogens is 366 g/mol. The first-order chi connectivity index (χ1) is 14.1. The average Bonchev–Trinajstić information content (AvgIpc) is 2.72. The molecule has 2 atom stereocenters. The predicted molar refractivity (Wildman–Crippen MR) is 110 cm³/mol. The first-order valence-corrected chi connectivity index (χ1v) is 9.35. The molecule has 0 amide bonds. The second kappa shape index (κ2) is 6.43. The van der Waals surface area contributed by atoms with Crippen LogP contribution in [0.25, 0.3) is 10.8 Å². The van der Waals surface area contributed by atoms with Crippen LogP contribution in [0.2, 0.25) is 0 Å². The van der Waals surface area contributed by atoms with Crippen molar-refractivity contribution >= 4 is 10.8 Å². The lowest BCUT2D eigenvalue weighted by molar-refractivity contribution is 0.412. The van der Waals surface area contributed by atoms with Gasteiger partial charge in [-0.25, -0.2) is 0 Å². The monoisotopic (exact) mass is 385 g/mol. The molecule has 5 N–H and O–H groups in total. The average molecular weight is 385 g/mol. The molecule has 5 heteroatoms. The lowest BCUT2D eigenvalue weighted by Gasteiger charge is -2.35.